The van der Waals surface area contributed by atoms with Crippen molar-refractivity contribution in [3.05, 3.63) is 50.5 Å². The van der Waals surface area contributed by atoms with E-state index in [2.05, 4.69) is 10.3 Å². The second-order valence-electron chi connectivity index (χ2n) is 4.85. The van der Waals surface area contributed by atoms with E-state index >= 15 is 0 Å². The molecule has 0 bridgehead atoms. The largest absolute Gasteiger partial charge is 0.487 e. The molecule has 0 aliphatic heterocycles. The Kier molecular flexibility index (Phi) is 5.24. The van der Waals surface area contributed by atoms with Gasteiger partial charge in [-0.1, -0.05) is 13.8 Å². The summed E-state index contributed by atoms with van der Waals surface area (Å²) < 4.78 is 5.73. The van der Waals surface area contributed by atoms with Crippen molar-refractivity contribution in [2.75, 3.05) is 0 Å². The number of aromatic nitrogens is 1. The van der Waals surface area contributed by atoms with Gasteiger partial charge in [0.25, 0.3) is 5.69 Å². The predicted octanol–water partition coefficient (Wildman–Crippen LogP) is 3.13. The van der Waals surface area contributed by atoms with Gasteiger partial charge in [-0.25, -0.2) is 4.98 Å². The average molecular weight is 307 g/mol. The zero-order chi connectivity index (χ0) is 15.2. The molecule has 0 aliphatic carbocycles. The van der Waals surface area contributed by atoms with Crippen LogP contribution in [0.4, 0.5) is 5.69 Å². The summed E-state index contributed by atoms with van der Waals surface area (Å²) in [7, 11) is 0. The molecule has 0 spiro atoms. The van der Waals surface area contributed by atoms with Crippen LogP contribution < -0.4 is 10.1 Å². The number of hydrogen-bond donors (Lipinski definition) is 1. The summed E-state index contributed by atoms with van der Waals surface area (Å²) in [5.74, 6) is 0.641. The standard InChI is InChI=1S/C14H17N3O3S/c1-10(2)15-6-11-5-13(17(18)19)3-4-14(11)20-7-12-8-21-9-16-12/h3-5,8-10,15H,6-7H2,1-2H3. The molecule has 0 radical (unpaired) electrons. The van der Waals surface area contributed by atoms with E-state index in [0.29, 0.717) is 18.9 Å². The molecule has 0 amide bonds. The summed E-state index contributed by atoms with van der Waals surface area (Å²) in [6.07, 6.45) is 0. The lowest BCUT2D eigenvalue weighted by Crippen LogP contribution is -2.22. The van der Waals surface area contributed by atoms with Gasteiger partial charge in [-0.05, 0) is 6.07 Å². The normalized spacial score (nSPS) is 10.8. The molecule has 0 aliphatic rings. The third-order valence-corrected chi connectivity index (χ3v) is 3.45. The van der Waals surface area contributed by atoms with Crippen LogP contribution in [0.25, 0.3) is 0 Å². The molecule has 6 nitrogen and oxygen atoms in total. The van der Waals surface area contributed by atoms with Gasteiger partial charge >= 0.3 is 0 Å². The number of non-ortho nitro benzene ring substituents is 1. The maximum absolute atomic E-state index is 10.9. The summed E-state index contributed by atoms with van der Waals surface area (Å²) in [5.41, 5.74) is 3.43. The maximum Gasteiger partial charge on any atom is 0.270 e. The Bertz CT molecular complexity index is 600. The van der Waals surface area contributed by atoms with Gasteiger partial charge < -0.3 is 10.1 Å². The van der Waals surface area contributed by atoms with Crippen LogP contribution in [0.5, 0.6) is 5.75 Å². The molecular formula is C14H17N3O3S. The van der Waals surface area contributed by atoms with Gasteiger partial charge in [-0.2, -0.15) is 0 Å². The van der Waals surface area contributed by atoms with Crippen molar-refractivity contribution in [3.63, 3.8) is 0 Å². The number of nitrogens with one attached hydrogen (secondary N) is 1. The van der Waals surface area contributed by atoms with Crippen LogP contribution in [0.3, 0.4) is 0 Å². The molecule has 112 valence electrons. The van der Waals surface area contributed by atoms with E-state index in [0.717, 1.165) is 11.3 Å². The van der Waals surface area contributed by atoms with Gasteiger partial charge in [0.2, 0.25) is 0 Å². The van der Waals surface area contributed by atoms with Gasteiger partial charge in [-0.3, -0.25) is 10.1 Å². The SMILES string of the molecule is CC(C)NCc1cc([N+](=O)[O-])ccc1OCc1cscn1. The first-order valence-corrected chi connectivity index (χ1v) is 7.51. The highest BCUT2D eigenvalue weighted by atomic mass is 32.1. The van der Waals surface area contributed by atoms with Gasteiger partial charge in [0.1, 0.15) is 12.4 Å². The minimum atomic E-state index is -0.400. The lowest BCUT2D eigenvalue weighted by Gasteiger charge is -2.13. The Morgan fingerprint density at radius 3 is 2.90 bits per heavy atom. The first-order chi connectivity index (χ1) is 10.1. The summed E-state index contributed by atoms with van der Waals surface area (Å²) in [6, 6.07) is 4.93. The highest BCUT2D eigenvalue weighted by molar-refractivity contribution is 7.07. The van der Waals surface area contributed by atoms with E-state index in [1.54, 1.807) is 17.6 Å². The molecule has 21 heavy (non-hydrogen) atoms. The molecule has 0 atom stereocenters. The first-order valence-electron chi connectivity index (χ1n) is 6.57. The van der Waals surface area contributed by atoms with Gasteiger partial charge in [0.15, 0.2) is 0 Å². The Balaban J connectivity index is 2.15. The van der Waals surface area contributed by atoms with E-state index in [9.17, 15) is 10.1 Å². The number of nitro benzene ring substituents is 1. The van der Waals surface area contributed by atoms with Gasteiger partial charge in [-0.15, -0.1) is 11.3 Å². The second kappa shape index (κ2) is 7.14. The molecule has 2 aromatic rings. The second-order valence-corrected chi connectivity index (χ2v) is 5.57. The van der Waals surface area contributed by atoms with Crippen LogP contribution in [0.15, 0.2) is 29.1 Å². The molecular weight excluding hydrogens is 290 g/mol. The van der Waals surface area contributed by atoms with E-state index < -0.39 is 4.92 Å². The molecule has 0 saturated heterocycles. The van der Waals surface area contributed by atoms with Crippen LogP contribution in [-0.4, -0.2) is 15.9 Å². The Morgan fingerprint density at radius 1 is 1.48 bits per heavy atom. The van der Waals surface area contributed by atoms with E-state index in [4.69, 9.17) is 4.74 Å². The van der Waals surface area contributed by atoms with E-state index in [1.807, 2.05) is 19.2 Å². The number of hydrogen-bond acceptors (Lipinski definition) is 6. The molecule has 1 heterocycles. The number of nitro groups is 1. The van der Waals surface area contributed by atoms with Crippen molar-refractivity contribution in [1.82, 2.24) is 10.3 Å². The van der Waals surface area contributed by atoms with Crippen molar-refractivity contribution in [1.29, 1.82) is 0 Å². The van der Waals surface area contributed by atoms with Crippen LogP contribution in [0.1, 0.15) is 25.1 Å². The number of benzene rings is 1. The molecule has 0 unspecified atom stereocenters. The number of nitrogens with zero attached hydrogens (tertiary/aromatic N) is 2. The highest BCUT2D eigenvalue weighted by Crippen LogP contribution is 2.25. The third kappa shape index (κ3) is 4.51. The molecule has 7 heteroatoms. The maximum atomic E-state index is 10.9. The van der Waals surface area contributed by atoms with E-state index in [1.165, 1.54) is 17.4 Å². The molecule has 2 rings (SSSR count). The molecule has 1 N–H and O–H groups in total. The van der Waals surface area contributed by atoms with Crippen LogP contribution in [-0.2, 0) is 13.2 Å². The third-order valence-electron chi connectivity index (χ3n) is 2.81. The minimum Gasteiger partial charge on any atom is -0.487 e. The quantitative estimate of drug-likeness (QED) is 0.628. The van der Waals surface area contributed by atoms with Crippen molar-refractivity contribution >= 4 is 17.0 Å². The molecule has 0 saturated carbocycles. The number of ether oxygens (including phenoxy) is 1. The van der Waals surface area contributed by atoms with Crippen LogP contribution in [0.2, 0.25) is 0 Å². The Morgan fingerprint density at radius 2 is 2.29 bits per heavy atom. The predicted molar refractivity (Wildman–Crippen MR) is 81.5 cm³/mol. The van der Waals surface area contributed by atoms with E-state index in [-0.39, 0.29) is 11.7 Å². The minimum absolute atomic E-state index is 0.0663. The van der Waals surface area contributed by atoms with Crippen LogP contribution in [0, 0.1) is 10.1 Å². The summed E-state index contributed by atoms with van der Waals surface area (Å²) in [5, 5.41) is 16.0. The molecule has 0 fully saturated rings. The topological polar surface area (TPSA) is 77.3 Å². The van der Waals surface area contributed by atoms with Crippen LogP contribution >= 0.6 is 11.3 Å². The summed E-state index contributed by atoms with van der Waals surface area (Å²) >= 11 is 1.51. The molecule has 1 aromatic carbocycles. The fourth-order valence-electron chi connectivity index (χ4n) is 1.73. The summed E-state index contributed by atoms with van der Waals surface area (Å²) in [6.45, 7) is 4.92. The van der Waals surface area contributed by atoms with Crippen molar-refractivity contribution in [2.24, 2.45) is 0 Å². The zero-order valence-corrected chi connectivity index (χ0v) is 12.7. The fourth-order valence-corrected chi connectivity index (χ4v) is 2.28. The number of rotatable bonds is 7. The zero-order valence-electron chi connectivity index (χ0n) is 11.9. The van der Waals surface area contributed by atoms with Crippen molar-refractivity contribution in [2.45, 2.75) is 33.0 Å². The molecule has 1 aromatic heterocycles. The fraction of sp³-hybridized carbons (Fsp3) is 0.357. The van der Waals surface area contributed by atoms with Crippen molar-refractivity contribution in [3.8, 4) is 5.75 Å². The number of thiazole rings is 1. The highest BCUT2D eigenvalue weighted by Gasteiger charge is 2.12. The lowest BCUT2D eigenvalue weighted by molar-refractivity contribution is -0.384. The van der Waals surface area contributed by atoms with Gasteiger partial charge in [0, 0.05) is 35.7 Å². The first kappa shape index (κ1) is 15.4. The lowest BCUT2D eigenvalue weighted by atomic mass is 10.1. The van der Waals surface area contributed by atoms with Crippen molar-refractivity contribution < 1.29 is 9.66 Å². The smallest absolute Gasteiger partial charge is 0.270 e. The van der Waals surface area contributed by atoms with Gasteiger partial charge in [0.05, 0.1) is 16.1 Å². The monoisotopic (exact) mass is 307 g/mol. The average Bonchev–Trinajstić information content (AvgIpc) is 2.96. The Hall–Kier alpha value is -1.99. The Labute approximate surface area is 126 Å². The summed E-state index contributed by atoms with van der Waals surface area (Å²) in [4.78, 5) is 14.6.